The zero-order valence-electron chi connectivity index (χ0n) is 9.40. The van der Waals surface area contributed by atoms with Crippen LogP contribution in [0.2, 0.25) is 0 Å². The summed E-state index contributed by atoms with van der Waals surface area (Å²) in [6, 6.07) is 5.43. The molecule has 4 heteroatoms. The Morgan fingerprint density at radius 2 is 2.25 bits per heavy atom. The normalized spacial score (nSPS) is 14.4. The fourth-order valence-electron chi connectivity index (χ4n) is 1.55. The first-order valence-electron chi connectivity index (χ1n) is 5.29. The molecule has 0 fully saturated rings. The van der Waals surface area contributed by atoms with Crippen molar-refractivity contribution in [2.45, 2.75) is 32.4 Å². The minimum atomic E-state index is -0.908. The molecular weight excluding hydrogens is 209 g/mol. The Bertz CT molecular complexity index is 368. The predicted octanol–water partition coefficient (Wildman–Crippen LogP) is 2.34. The van der Waals surface area contributed by atoms with Crippen LogP contribution in [-0.2, 0) is 4.79 Å². The van der Waals surface area contributed by atoms with Gasteiger partial charge in [-0.1, -0.05) is 19.1 Å². The third kappa shape index (κ3) is 3.31. The van der Waals surface area contributed by atoms with Crippen molar-refractivity contribution < 1.29 is 14.3 Å². The molecule has 1 aromatic rings. The van der Waals surface area contributed by atoms with E-state index < -0.39 is 12.0 Å². The monoisotopic (exact) mass is 225 g/mol. The maximum absolute atomic E-state index is 13.0. The molecule has 0 aromatic heterocycles. The second kappa shape index (κ2) is 5.61. The molecule has 0 saturated heterocycles. The van der Waals surface area contributed by atoms with Gasteiger partial charge < -0.3 is 5.11 Å². The summed E-state index contributed by atoms with van der Waals surface area (Å²) < 4.78 is 13.0. The molecule has 88 valence electrons. The minimum absolute atomic E-state index is 0.137. The summed E-state index contributed by atoms with van der Waals surface area (Å²) in [6.07, 6.45) is 0.709. The lowest BCUT2D eigenvalue weighted by molar-refractivity contribution is -0.139. The Balaban J connectivity index is 2.78. The topological polar surface area (TPSA) is 49.3 Å². The molecule has 0 aliphatic rings. The highest BCUT2D eigenvalue weighted by atomic mass is 19.1. The highest BCUT2D eigenvalue weighted by Gasteiger charge is 2.17. The van der Waals surface area contributed by atoms with Gasteiger partial charge in [-0.25, -0.2) is 4.39 Å². The van der Waals surface area contributed by atoms with Crippen molar-refractivity contribution in [3.63, 3.8) is 0 Å². The molecule has 0 heterocycles. The van der Waals surface area contributed by atoms with Crippen LogP contribution in [0.3, 0.4) is 0 Å². The van der Waals surface area contributed by atoms with Gasteiger partial charge in [0.2, 0.25) is 0 Å². The number of aliphatic carboxylic acids is 1. The lowest BCUT2D eigenvalue weighted by Crippen LogP contribution is -2.36. The maximum atomic E-state index is 13.0. The molecule has 2 unspecified atom stereocenters. The highest BCUT2D eigenvalue weighted by molar-refractivity contribution is 5.72. The lowest BCUT2D eigenvalue weighted by Gasteiger charge is -2.20. The van der Waals surface area contributed by atoms with Crippen LogP contribution in [0.4, 0.5) is 4.39 Å². The predicted molar refractivity (Wildman–Crippen MR) is 59.7 cm³/mol. The quantitative estimate of drug-likeness (QED) is 0.808. The van der Waals surface area contributed by atoms with Crippen molar-refractivity contribution in [1.82, 2.24) is 5.32 Å². The van der Waals surface area contributed by atoms with Gasteiger partial charge in [-0.2, -0.15) is 0 Å². The lowest BCUT2D eigenvalue weighted by atomic mass is 10.0. The van der Waals surface area contributed by atoms with E-state index in [1.165, 1.54) is 12.1 Å². The van der Waals surface area contributed by atoms with Crippen molar-refractivity contribution in [3.8, 4) is 0 Å². The average molecular weight is 225 g/mol. The van der Waals surface area contributed by atoms with Crippen molar-refractivity contribution >= 4 is 5.97 Å². The van der Waals surface area contributed by atoms with E-state index in [9.17, 15) is 9.18 Å². The number of hydrogen-bond donors (Lipinski definition) is 2. The van der Waals surface area contributed by atoms with Gasteiger partial charge >= 0.3 is 5.97 Å². The first kappa shape index (κ1) is 12.6. The SMILES string of the molecule is CCC(NC(C)C(=O)O)c1cccc(F)c1. The smallest absolute Gasteiger partial charge is 0.320 e. The highest BCUT2D eigenvalue weighted by Crippen LogP contribution is 2.18. The fraction of sp³-hybridized carbons (Fsp3) is 0.417. The van der Waals surface area contributed by atoms with Gasteiger partial charge in [0.15, 0.2) is 0 Å². The third-order valence-corrected chi connectivity index (χ3v) is 2.48. The van der Waals surface area contributed by atoms with E-state index >= 15 is 0 Å². The van der Waals surface area contributed by atoms with Gasteiger partial charge in [0.1, 0.15) is 11.9 Å². The summed E-state index contributed by atoms with van der Waals surface area (Å²) in [7, 11) is 0. The summed E-state index contributed by atoms with van der Waals surface area (Å²) in [5.41, 5.74) is 0.774. The van der Waals surface area contributed by atoms with E-state index in [1.54, 1.807) is 19.1 Å². The van der Waals surface area contributed by atoms with Crippen LogP contribution >= 0.6 is 0 Å². The van der Waals surface area contributed by atoms with Crippen molar-refractivity contribution in [3.05, 3.63) is 35.6 Å². The molecule has 2 N–H and O–H groups in total. The Labute approximate surface area is 94.3 Å². The van der Waals surface area contributed by atoms with Crippen LogP contribution in [0.5, 0.6) is 0 Å². The van der Waals surface area contributed by atoms with Gasteiger partial charge in [-0.3, -0.25) is 10.1 Å². The van der Waals surface area contributed by atoms with Gasteiger partial charge in [0.25, 0.3) is 0 Å². The second-order valence-electron chi connectivity index (χ2n) is 3.74. The molecule has 16 heavy (non-hydrogen) atoms. The molecule has 0 aliphatic carbocycles. The Kier molecular flexibility index (Phi) is 4.43. The summed E-state index contributed by atoms with van der Waals surface area (Å²) >= 11 is 0. The van der Waals surface area contributed by atoms with Crippen LogP contribution in [0, 0.1) is 5.82 Å². The number of carboxylic acid groups (broad SMARTS) is 1. The van der Waals surface area contributed by atoms with E-state index in [0.29, 0.717) is 6.42 Å². The van der Waals surface area contributed by atoms with Crippen molar-refractivity contribution in [2.75, 3.05) is 0 Å². The summed E-state index contributed by atoms with van der Waals surface area (Å²) in [5, 5.41) is 11.7. The van der Waals surface area contributed by atoms with E-state index in [2.05, 4.69) is 5.32 Å². The number of carbonyl (C=O) groups is 1. The first-order valence-corrected chi connectivity index (χ1v) is 5.29. The van der Waals surface area contributed by atoms with Gasteiger partial charge in [0.05, 0.1) is 0 Å². The largest absolute Gasteiger partial charge is 0.480 e. The summed E-state index contributed by atoms with van der Waals surface area (Å²) in [5.74, 6) is -1.21. The molecule has 0 radical (unpaired) electrons. The van der Waals surface area contributed by atoms with Gasteiger partial charge in [0, 0.05) is 6.04 Å². The Morgan fingerprint density at radius 1 is 1.56 bits per heavy atom. The second-order valence-corrected chi connectivity index (χ2v) is 3.74. The fourth-order valence-corrected chi connectivity index (χ4v) is 1.55. The van der Waals surface area contributed by atoms with Gasteiger partial charge in [-0.05, 0) is 31.0 Å². The van der Waals surface area contributed by atoms with Crippen LogP contribution in [0.1, 0.15) is 31.9 Å². The number of nitrogens with one attached hydrogen (secondary N) is 1. The van der Waals surface area contributed by atoms with Crippen molar-refractivity contribution in [1.29, 1.82) is 0 Å². The van der Waals surface area contributed by atoms with Crippen LogP contribution in [0.25, 0.3) is 0 Å². The number of halogens is 1. The molecule has 3 nitrogen and oxygen atoms in total. The van der Waals surface area contributed by atoms with Crippen LogP contribution < -0.4 is 5.32 Å². The molecule has 0 amide bonds. The van der Waals surface area contributed by atoms with Gasteiger partial charge in [-0.15, -0.1) is 0 Å². The molecule has 1 rings (SSSR count). The molecular formula is C12H16FNO2. The molecule has 2 atom stereocenters. The van der Waals surface area contributed by atoms with E-state index in [-0.39, 0.29) is 11.9 Å². The molecule has 0 saturated carbocycles. The third-order valence-electron chi connectivity index (χ3n) is 2.48. The van der Waals surface area contributed by atoms with Crippen molar-refractivity contribution in [2.24, 2.45) is 0 Å². The van der Waals surface area contributed by atoms with Crippen LogP contribution in [0.15, 0.2) is 24.3 Å². The zero-order chi connectivity index (χ0) is 12.1. The minimum Gasteiger partial charge on any atom is -0.480 e. The van der Waals surface area contributed by atoms with E-state index in [4.69, 9.17) is 5.11 Å². The Hall–Kier alpha value is -1.42. The average Bonchev–Trinajstić information content (AvgIpc) is 2.25. The molecule has 0 spiro atoms. The number of rotatable bonds is 5. The summed E-state index contributed by atoms with van der Waals surface area (Å²) in [6.45, 7) is 3.50. The number of benzene rings is 1. The summed E-state index contributed by atoms with van der Waals surface area (Å²) in [4.78, 5) is 10.7. The zero-order valence-corrected chi connectivity index (χ0v) is 9.40. The van der Waals surface area contributed by atoms with E-state index in [1.807, 2.05) is 6.92 Å². The number of hydrogen-bond acceptors (Lipinski definition) is 2. The molecule has 0 bridgehead atoms. The molecule has 1 aromatic carbocycles. The Morgan fingerprint density at radius 3 is 2.75 bits per heavy atom. The van der Waals surface area contributed by atoms with Crippen LogP contribution in [-0.4, -0.2) is 17.1 Å². The standard InChI is InChI=1S/C12H16FNO2/c1-3-11(14-8(2)12(15)16)9-5-4-6-10(13)7-9/h4-8,11,14H,3H2,1-2H3,(H,15,16). The maximum Gasteiger partial charge on any atom is 0.320 e. The first-order chi connectivity index (χ1) is 7.54. The number of carboxylic acids is 1. The van der Waals surface area contributed by atoms with E-state index in [0.717, 1.165) is 5.56 Å². The molecule has 0 aliphatic heterocycles.